The Morgan fingerprint density at radius 3 is 2.16 bits per heavy atom. The van der Waals surface area contributed by atoms with Crippen molar-refractivity contribution in [3.63, 3.8) is 0 Å². The molecule has 0 N–H and O–H groups in total. The summed E-state index contributed by atoms with van der Waals surface area (Å²) in [5.74, 6) is 0. The van der Waals surface area contributed by atoms with Gasteiger partial charge in [-0.3, -0.25) is 4.98 Å². The molecule has 5 aromatic carbocycles. The van der Waals surface area contributed by atoms with Gasteiger partial charge in [0.2, 0.25) is 0 Å². The van der Waals surface area contributed by atoms with Crippen LogP contribution < -0.4 is 0 Å². The molecule has 3 heteroatoms. The number of nitrogens with zero attached hydrogens (tertiary/aromatic N) is 2. The molecule has 0 radical (unpaired) electrons. The van der Waals surface area contributed by atoms with Gasteiger partial charge in [0.25, 0.3) is 0 Å². The summed E-state index contributed by atoms with van der Waals surface area (Å²) in [5.41, 5.74) is 14.4. The van der Waals surface area contributed by atoms with E-state index < -0.39 is 0 Å². The van der Waals surface area contributed by atoms with E-state index in [4.69, 9.17) is 14.4 Å². The number of pyridine rings is 2. The van der Waals surface area contributed by atoms with Gasteiger partial charge >= 0.3 is 0 Å². The van der Waals surface area contributed by atoms with E-state index in [1.54, 1.807) is 0 Å². The normalized spacial score (nSPS) is 13.4. The van der Waals surface area contributed by atoms with E-state index in [0.717, 1.165) is 66.5 Å². The van der Waals surface area contributed by atoms with Crippen molar-refractivity contribution in [3.05, 3.63) is 145 Å². The summed E-state index contributed by atoms with van der Waals surface area (Å²) in [6.07, 6.45) is 1.86. The highest BCUT2D eigenvalue weighted by molar-refractivity contribution is 6.12. The SMILES string of the molecule is CC1(C)c2ccccc2-c2ccc(-c3nc(-c4ccc(-c5cccc6oc7ccccc7c56)cc4)cc4ncccc34)cc21. The second-order valence-corrected chi connectivity index (χ2v) is 12.2. The number of hydrogen-bond acceptors (Lipinski definition) is 3. The summed E-state index contributed by atoms with van der Waals surface area (Å²) < 4.78 is 6.15. The Bertz CT molecular complexity index is 2410. The van der Waals surface area contributed by atoms with E-state index in [2.05, 4.69) is 117 Å². The maximum Gasteiger partial charge on any atom is 0.136 e. The summed E-state index contributed by atoms with van der Waals surface area (Å²) >= 11 is 0. The zero-order chi connectivity index (χ0) is 29.4. The van der Waals surface area contributed by atoms with Crippen molar-refractivity contribution in [1.82, 2.24) is 9.97 Å². The molecule has 0 fully saturated rings. The summed E-state index contributed by atoms with van der Waals surface area (Å²) in [6, 6.07) is 45.0. The second kappa shape index (κ2) is 9.23. The molecule has 0 bridgehead atoms. The average Bonchev–Trinajstić information content (AvgIpc) is 3.56. The number of hydrogen-bond donors (Lipinski definition) is 0. The third kappa shape index (κ3) is 3.62. The molecule has 1 aliphatic rings. The molecule has 0 atom stereocenters. The number of rotatable bonds is 3. The van der Waals surface area contributed by atoms with Crippen LogP contribution in [0.1, 0.15) is 25.0 Å². The molecule has 44 heavy (non-hydrogen) atoms. The minimum Gasteiger partial charge on any atom is -0.456 e. The van der Waals surface area contributed by atoms with Gasteiger partial charge in [-0.15, -0.1) is 0 Å². The van der Waals surface area contributed by atoms with Crippen molar-refractivity contribution < 1.29 is 4.42 Å². The minimum absolute atomic E-state index is 0.0768. The van der Waals surface area contributed by atoms with Crippen LogP contribution in [-0.2, 0) is 5.41 Å². The maximum absolute atomic E-state index is 6.15. The molecule has 1 aliphatic carbocycles. The van der Waals surface area contributed by atoms with Crippen LogP contribution in [0.4, 0.5) is 0 Å². The van der Waals surface area contributed by atoms with Crippen LogP contribution in [0.25, 0.3) is 77.6 Å². The minimum atomic E-state index is -0.0768. The first-order chi connectivity index (χ1) is 21.6. The fourth-order valence-electron chi connectivity index (χ4n) is 7.13. The number of para-hydroxylation sites is 1. The third-order valence-corrected chi connectivity index (χ3v) is 9.35. The lowest BCUT2D eigenvalue weighted by Gasteiger charge is -2.22. The first-order valence-corrected chi connectivity index (χ1v) is 15.1. The first kappa shape index (κ1) is 25.0. The maximum atomic E-state index is 6.15. The van der Waals surface area contributed by atoms with Gasteiger partial charge in [0, 0.05) is 38.9 Å². The van der Waals surface area contributed by atoms with Gasteiger partial charge < -0.3 is 4.42 Å². The van der Waals surface area contributed by atoms with Gasteiger partial charge in [-0.25, -0.2) is 4.98 Å². The van der Waals surface area contributed by atoms with Crippen LogP contribution in [0.2, 0.25) is 0 Å². The lowest BCUT2D eigenvalue weighted by Crippen LogP contribution is -2.14. The molecule has 208 valence electrons. The average molecular weight is 565 g/mol. The molecule has 9 rings (SSSR count). The van der Waals surface area contributed by atoms with E-state index in [9.17, 15) is 0 Å². The van der Waals surface area contributed by atoms with Crippen molar-refractivity contribution in [1.29, 1.82) is 0 Å². The molecule has 8 aromatic rings. The highest BCUT2D eigenvalue weighted by atomic mass is 16.3. The van der Waals surface area contributed by atoms with Crippen LogP contribution in [0.15, 0.2) is 138 Å². The fourth-order valence-corrected chi connectivity index (χ4v) is 7.13. The van der Waals surface area contributed by atoms with Crippen LogP contribution in [0.5, 0.6) is 0 Å². The van der Waals surface area contributed by atoms with Gasteiger partial charge in [0.1, 0.15) is 11.2 Å². The largest absolute Gasteiger partial charge is 0.456 e. The zero-order valence-electron chi connectivity index (χ0n) is 24.5. The summed E-state index contributed by atoms with van der Waals surface area (Å²) in [6.45, 7) is 4.64. The molecular formula is C41H28N2O. The monoisotopic (exact) mass is 564 g/mol. The smallest absolute Gasteiger partial charge is 0.136 e. The predicted molar refractivity (Wildman–Crippen MR) is 181 cm³/mol. The van der Waals surface area contributed by atoms with E-state index >= 15 is 0 Å². The molecule has 0 saturated carbocycles. The van der Waals surface area contributed by atoms with Crippen molar-refractivity contribution in [3.8, 4) is 44.8 Å². The van der Waals surface area contributed by atoms with Crippen molar-refractivity contribution >= 4 is 32.8 Å². The number of fused-ring (bicyclic) bond motifs is 7. The van der Waals surface area contributed by atoms with Gasteiger partial charge in [-0.1, -0.05) is 105 Å². The van der Waals surface area contributed by atoms with Gasteiger partial charge in [0.15, 0.2) is 0 Å². The van der Waals surface area contributed by atoms with E-state index in [1.165, 1.54) is 22.3 Å². The number of furan rings is 1. The molecule has 3 heterocycles. The Labute approximate surface area is 255 Å². The molecule has 0 spiro atoms. The lowest BCUT2D eigenvalue weighted by molar-refractivity contribution is 0.660. The fraction of sp³-hybridized carbons (Fsp3) is 0.0732. The van der Waals surface area contributed by atoms with E-state index in [1.807, 2.05) is 30.5 Å². The predicted octanol–water partition coefficient (Wildman–Crippen LogP) is 10.8. The number of benzene rings is 5. The molecule has 3 nitrogen and oxygen atoms in total. The van der Waals surface area contributed by atoms with Gasteiger partial charge in [-0.05, 0) is 69.8 Å². The molecule has 0 unspecified atom stereocenters. The van der Waals surface area contributed by atoms with Crippen LogP contribution in [-0.4, -0.2) is 9.97 Å². The summed E-state index contributed by atoms with van der Waals surface area (Å²) in [4.78, 5) is 10.1. The molecule has 0 aliphatic heterocycles. The Balaban J connectivity index is 1.16. The van der Waals surface area contributed by atoms with Gasteiger partial charge in [-0.2, -0.15) is 0 Å². The van der Waals surface area contributed by atoms with Crippen LogP contribution in [0.3, 0.4) is 0 Å². The highest BCUT2D eigenvalue weighted by Gasteiger charge is 2.35. The van der Waals surface area contributed by atoms with Crippen molar-refractivity contribution in [2.75, 3.05) is 0 Å². The quantitative estimate of drug-likeness (QED) is 0.214. The summed E-state index contributed by atoms with van der Waals surface area (Å²) in [5, 5.41) is 3.34. The highest BCUT2D eigenvalue weighted by Crippen LogP contribution is 2.49. The first-order valence-electron chi connectivity index (χ1n) is 15.1. The standard InChI is InChI=1S/C41H28N2O/c1-41(2)33-13-5-3-9-29(33)30-21-20-27(23-34(30)41)40-31-12-8-22-42-36(31)24-35(43-40)26-18-16-25(17-19-26)28-11-7-15-38-39(28)32-10-4-6-14-37(32)44-38/h3-24H,1-2H3. The van der Waals surface area contributed by atoms with Crippen LogP contribution in [0, 0.1) is 0 Å². The van der Waals surface area contributed by atoms with E-state index in [0.29, 0.717) is 0 Å². The molecule has 0 saturated heterocycles. The third-order valence-electron chi connectivity index (χ3n) is 9.35. The van der Waals surface area contributed by atoms with Crippen molar-refractivity contribution in [2.24, 2.45) is 0 Å². The zero-order valence-corrected chi connectivity index (χ0v) is 24.5. The van der Waals surface area contributed by atoms with E-state index in [-0.39, 0.29) is 5.41 Å². The summed E-state index contributed by atoms with van der Waals surface area (Å²) in [7, 11) is 0. The van der Waals surface area contributed by atoms with Gasteiger partial charge in [0.05, 0.1) is 16.9 Å². The Kier molecular flexibility index (Phi) is 5.24. The lowest BCUT2D eigenvalue weighted by atomic mass is 9.82. The Hall–Kier alpha value is -5.54. The molecular weight excluding hydrogens is 536 g/mol. The Morgan fingerprint density at radius 1 is 0.545 bits per heavy atom. The van der Waals surface area contributed by atoms with Crippen LogP contribution >= 0.6 is 0 Å². The molecule has 0 amide bonds. The topological polar surface area (TPSA) is 38.9 Å². The molecule has 3 aromatic heterocycles. The van der Waals surface area contributed by atoms with Crippen molar-refractivity contribution in [2.45, 2.75) is 19.3 Å². The number of aromatic nitrogens is 2. The Morgan fingerprint density at radius 2 is 1.25 bits per heavy atom. The second-order valence-electron chi connectivity index (χ2n) is 12.2.